The minimum atomic E-state index is 0.0210. The van der Waals surface area contributed by atoms with Crippen LogP contribution in [0.15, 0.2) is 54.6 Å². The first kappa shape index (κ1) is 21.5. The summed E-state index contributed by atoms with van der Waals surface area (Å²) in [6, 6.07) is 18.1. The number of carbonyl (C=O) groups excluding carboxylic acids is 1. The number of ether oxygens (including phenoxy) is 2. The normalized spacial score (nSPS) is 15.7. The van der Waals surface area contributed by atoms with Crippen LogP contribution in [0.5, 0.6) is 5.75 Å². The van der Waals surface area contributed by atoms with E-state index in [-0.39, 0.29) is 12.0 Å². The number of nitrogens with zero attached hydrogens (tertiary/aromatic N) is 2. The second kappa shape index (κ2) is 10.1. The lowest BCUT2D eigenvalue weighted by atomic mass is 10.1. The third kappa shape index (κ3) is 5.51. The average molecular weight is 437 g/mol. The topological polar surface area (TPSA) is 51.7 Å². The highest BCUT2D eigenvalue weighted by molar-refractivity contribution is 7.13. The lowest BCUT2D eigenvalue weighted by Gasteiger charge is -2.25. The van der Waals surface area contributed by atoms with Crippen molar-refractivity contribution in [3.63, 3.8) is 0 Å². The van der Waals surface area contributed by atoms with Crippen LogP contribution in [0.1, 0.15) is 44.3 Å². The molecule has 0 spiro atoms. The summed E-state index contributed by atoms with van der Waals surface area (Å²) in [4.78, 5) is 20.9. The van der Waals surface area contributed by atoms with E-state index in [1.54, 1.807) is 7.11 Å². The number of methoxy groups -OCH3 is 1. The van der Waals surface area contributed by atoms with Crippen molar-refractivity contribution in [3.8, 4) is 5.75 Å². The van der Waals surface area contributed by atoms with Crippen LogP contribution in [0.2, 0.25) is 0 Å². The Morgan fingerprint density at radius 1 is 1.19 bits per heavy atom. The molecule has 3 aromatic rings. The molecular formula is C25H28N2O3S. The Morgan fingerprint density at radius 2 is 2.00 bits per heavy atom. The zero-order chi connectivity index (χ0) is 21.6. The quantitative estimate of drug-likeness (QED) is 0.505. The van der Waals surface area contributed by atoms with Gasteiger partial charge in [-0.05, 0) is 43.0 Å². The minimum Gasteiger partial charge on any atom is -0.497 e. The van der Waals surface area contributed by atoms with Crippen LogP contribution in [0, 0.1) is 6.92 Å². The number of hydrogen-bond donors (Lipinski definition) is 0. The minimum absolute atomic E-state index is 0.0210. The Kier molecular flexibility index (Phi) is 6.99. The van der Waals surface area contributed by atoms with Gasteiger partial charge >= 0.3 is 0 Å². The lowest BCUT2D eigenvalue weighted by molar-refractivity contribution is 0.0510. The predicted molar refractivity (Wildman–Crippen MR) is 123 cm³/mol. The van der Waals surface area contributed by atoms with E-state index in [1.165, 1.54) is 16.9 Å². The third-order valence-corrected chi connectivity index (χ3v) is 6.62. The van der Waals surface area contributed by atoms with Gasteiger partial charge in [0.05, 0.1) is 23.9 Å². The Morgan fingerprint density at radius 3 is 2.74 bits per heavy atom. The van der Waals surface area contributed by atoms with Gasteiger partial charge in [0.15, 0.2) is 0 Å². The molecule has 1 atom stereocenters. The number of amides is 1. The average Bonchev–Trinajstić information content (AvgIpc) is 3.43. The largest absolute Gasteiger partial charge is 0.497 e. The summed E-state index contributed by atoms with van der Waals surface area (Å²) < 4.78 is 11.2. The van der Waals surface area contributed by atoms with Crippen molar-refractivity contribution in [2.75, 3.05) is 20.3 Å². The molecule has 2 aromatic carbocycles. The van der Waals surface area contributed by atoms with Crippen LogP contribution < -0.4 is 4.74 Å². The second-order valence-electron chi connectivity index (χ2n) is 7.86. The summed E-state index contributed by atoms with van der Waals surface area (Å²) in [5, 5.41) is 0.963. The van der Waals surface area contributed by atoms with Crippen molar-refractivity contribution in [3.05, 3.63) is 81.3 Å². The number of thiazole rings is 1. The summed E-state index contributed by atoms with van der Waals surface area (Å²) in [6.45, 7) is 3.79. The molecule has 1 fully saturated rings. The van der Waals surface area contributed by atoms with Crippen molar-refractivity contribution in [1.29, 1.82) is 0 Å². The van der Waals surface area contributed by atoms with Crippen molar-refractivity contribution >= 4 is 17.2 Å². The molecule has 1 aliphatic rings. The first-order valence-electron chi connectivity index (χ1n) is 10.7. The molecule has 31 heavy (non-hydrogen) atoms. The van der Waals surface area contributed by atoms with Crippen LogP contribution in [-0.2, 0) is 17.7 Å². The van der Waals surface area contributed by atoms with Gasteiger partial charge in [0.25, 0.3) is 5.91 Å². The number of benzene rings is 2. The maximum Gasteiger partial charge on any atom is 0.266 e. The van der Waals surface area contributed by atoms with Crippen molar-refractivity contribution in [2.45, 2.75) is 38.8 Å². The summed E-state index contributed by atoms with van der Waals surface area (Å²) in [7, 11) is 1.66. The number of aromatic nitrogens is 1. The van der Waals surface area contributed by atoms with E-state index in [1.807, 2.05) is 54.3 Å². The molecule has 6 heteroatoms. The molecule has 0 radical (unpaired) electrons. The molecule has 4 rings (SSSR count). The third-order valence-electron chi connectivity index (χ3n) is 5.48. The highest BCUT2D eigenvalue weighted by Crippen LogP contribution is 2.25. The van der Waals surface area contributed by atoms with Gasteiger partial charge in [-0.2, -0.15) is 0 Å². The van der Waals surface area contributed by atoms with Gasteiger partial charge in [0.2, 0.25) is 0 Å². The van der Waals surface area contributed by atoms with E-state index in [9.17, 15) is 4.79 Å². The molecule has 1 amide bonds. The van der Waals surface area contributed by atoms with Gasteiger partial charge < -0.3 is 14.4 Å². The van der Waals surface area contributed by atoms with E-state index >= 15 is 0 Å². The maximum absolute atomic E-state index is 13.6. The first-order chi connectivity index (χ1) is 15.1. The highest BCUT2D eigenvalue weighted by atomic mass is 32.1. The van der Waals surface area contributed by atoms with E-state index in [0.29, 0.717) is 18.0 Å². The molecule has 1 aliphatic heterocycles. The maximum atomic E-state index is 13.6. The van der Waals surface area contributed by atoms with Gasteiger partial charge in [-0.1, -0.05) is 42.5 Å². The van der Waals surface area contributed by atoms with Crippen LogP contribution >= 0.6 is 11.3 Å². The molecule has 0 N–H and O–H groups in total. The first-order valence-corrected chi connectivity index (χ1v) is 11.5. The summed E-state index contributed by atoms with van der Waals surface area (Å²) in [6.07, 6.45) is 2.86. The zero-order valence-electron chi connectivity index (χ0n) is 18.0. The molecule has 0 aliphatic carbocycles. The van der Waals surface area contributed by atoms with Crippen LogP contribution in [0.25, 0.3) is 0 Å². The Labute approximate surface area is 187 Å². The molecule has 0 saturated carbocycles. The van der Waals surface area contributed by atoms with Crippen LogP contribution in [0.3, 0.4) is 0 Å². The van der Waals surface area contributed by atoms with Gasteiger partial charge in [0.1, 0.15) is 10.6 Å². The predicted octanol–water partition coefficient (Wildman–Crippen LogP) is 4.87. The zero-order valence-corrected chi connectivity index (χ0v) is 18.9. The summed E-state index contributed by atoms with van der Waals surface area (Å²) in [5.41, 5.74) is 3.03. The van der Waals surface area contributed by atoms with E-state index < -0.39 is 0 Å². The van der Waals surface area contributed by atoms with E-state index in [0.717, 1.165) is 47.9 Å². The van der Waals surface area contributed by atoms with E-state index in [2.05, 4.69) is 12.1 Å². The Hall–Kier alpha value is -2.70. The molecule has 1 aromatic heterocycles. The van der Waals surface area contributed by atoms with Crippen molar-refractivity contribution < 1.29 is 14.3 Å². The fourth-order valence-corrected chi connectivity index (χ4v) is 4.95. The number of carbonyl (C=O) groups is 1. The monoisotopic (exact) mass is 436 g/mol. The summed E-state index contributed by atoms with van der Waals surface area (Å²) >= 11 is 1.50. The molecule has 2 heterocycles. The summed E-state index contributed by atoms with van der Waals surface area (Å²) in [5.74, 6) is 0.814. The van der Waals surface area contributed by atoms with E-state index in [4.69, 9.17) is 14.5 Å². The number of rotatable bonds is 8. The fourth-order valence-electron chi connectivity index (χ4n) is 3.89. The molecule has 162 valence electrons. The molecule has 1 unspecified atom stereocenters. The Balaban J connectivity index is 1.55. The van der Waals surface area contributed by atoms with Crippen LogP contribution in [-0.4, -0.2) is 42.2 Å². The molecule has 0 bridgehead atoms. The molecule has 1 saturated heterocycles. The molecular weight excluding hydrogens is 408 g/mol. The standard InChI is InChI=1S/C25H28N2O3S/c1-18-24(31-23(26-18)15-19-8-4-3-5-9-19)25(28)27(17-22-12-7-13-30-22)16-20-10-6-11-21(14-20)29-2/h3-6,8-11,14,22H,7,12-13,15-17H2,1-2H3. The van der Waals surface area contributed by atoms with Gasteiger partial charge in [0, 0.05) is 26.1 Å². The highest BCUT2D eigenvalue weighted by Gasteiger charge is 2.26. The van der Waals surface area contributed by atoms with Gasteiger partial charge in [-0.15, -0.1) is 11.3 Å². The smallest absolute Gasteiger partial charge is 0.266 e. The SMILES string of the molecule is COc1cccc(CN(CC2CCCO2)C(=O)c2sc(Cc3ccccc3)nc2C)c1. The number of aryl methyl sites for hydroxylation is 1. The second-order valence-corrected chi connectivity index (χ2v) is 8.94. The molecule has 5 nitrogen and oxygen atoms in total. The van der Waals surface area contributed by atoms with Gasteiger partial charge in [-0.25, -0.2) is 4.98 Å². The fraction of sp³-hybridized carbons (Fsp3) is 0.360. The van der Waals surface area contributed by atoms with Crippen LogP contribution in [0.4, 0.5) is 0 Å². The lowest BCUT2D eigenvalue weighted by Crippen LogP contribution is -2.36. The number of hydrogen-bond acceptors (Lipinski definition) is 5. The van der Waals surface area contributed by atoms with Gasteiger partial charge in [-0.3, -0.25) is 4.79 Å². The Bertz CT molecular complexity index is 1010. The van der Waals surface area contributed by atoms with Crippen molar-refractivity contribution in [1.82, 2.24) is 9.88 Å². The van der Waals surface area contributed by atoms with Crippen molar-refractivity contribution in [2.24, 2.45) is 0 Å².